The molecule has 0 aromatic heterocycles. The number of ether oxygens (including phenoxy) is 3. The maximum absolute atomic E-state index is 11.8. The van der Waals surface area contributed by atoms with Gasteiger partial charge in [0.2, 0.25) is 0 Å². The van der Waals surface area contributed by atoms with Crippen molar-refractivity contribution < 1.29 is 23.8 Å². The van der Waals surface area contributed by atoms with Crippen LogP contribution in [-0.4, -0.2) is 32.7 Å². The van der Waals surface area contributed by atoms with Crippen molar-refractivity contribution in [3.8, 4) is 11.5 Å². The summed E-state index contributed by atoms with van der Waals surface area (Å²) in [7, 11) is 3.08. The lowest BCUT2D eigenvalue weighted by molar-refractivity contribution is -0.143. The van der Waals surface area contributed by atoms with Crippen LogP contribution in [0.25, 0.3) is 6.08 Å². The fourth-order valence-corrected chi connectivity index (χ4v) is 2.42. The van der Waals surface area contributed by atoms with Crippen LogP contribution in [0.1, 0.15) is 11.1 Å². The minimum absolute atomic E-state index is 0.299. The van der Waals surface area contributed by atoms with E-state index >= 15 is 0 Å². The van der Waals surface area contributed by atoms with Gasteiger partial charge < -0.3 is 19.5 Å². The molecule has 2 aromatic rings. The van der Waals surface area contributed by atoms with Gasteiger partial charge in [-0.1, -0.05) is 23.7 Å². The van der Waals surface area contributed by atoms with Gasteiger partial charge in [0, 0.05) is 23.2 Å². The van der Waals surface area contributed by atoms with Crippen molar-refractivity contribution in [1.82, 2.24) is 5.32 Å². The molecule has 0 saturated carbocycles. The molecule has 0 spiro atoms. The normalized spacial score (nSPS) is 10.5. The SMILES string of the molecule is COc1ccc(OC)c(/C=C/C(=O)OCC(=O)NCc2cccc(Cl)c2)c1. The molecule has 0 unspecified atom stereocenters. The van der Waals surface area contributed by atoms with E-state index in [9.17, 15) is 9.59 Å². The fraction of sp³-hybridized carbons (Fsp3) is 0.200. The standard InChI is InChI=1S/C20H20ClNO5/c1-25-17-7-8-18(26-2)15(11-17)6-9-20(24)27-13-19(23)22-12-14-4-3-5-16(21)10-14/h3-11H,12-13H2,1-2H3,(H,22,23)/b9-6+. The first-order valence-electron chi connectivity index (χ1n) is 8.10. The highest BCUT2D eigenvalue weighted by Gasteiger charge is 2.07. The van der Waals surface area contributed by atoms with Gasteiger partial charge in [0.25, 0.3) is 5.91 Å². The van der Waals surface area contributed by atoms with Crippen LogP contribution >= 0.6 is 11.6 Å². The van der Waals surface area contributed by atoms with Crippen LogP contribution in [0.5, 0.6) is 11.5 Å². The first kappa shape index (κ1) is 20.3. The number of hydrogen-bond acceptors (Lipinski definition) is 5. The summed E-state index contributed by atoms with van der Waals surface area (Å²) in [4.78, 5) is 23.6. The second-order valence-electron chi connectivity index (χ2n) is 5.46. The number of esters is 1. The first-order chi connectivity index (χ1) is 13.0. The predicted octanol–water partition coefficient (Wildman–Crippen LogP) is 3.23. The van der Waals surface area contributed by atoms with E-state index in [1.54, 1.807) is 43.5 Å². The minimum Gasteiger partial charge on any atom is -0.497 e. The molecule has 0 radical (unpaired) electrons. The Morgan fingerprint density at radius 1 is 1.11 bits per heavy atom. The van der Waals surface area contributed by atoms with Gasteiger partial charge in [-0.25, -0.2) is 4.79 Å². The van der Waals surface area contributed by atoms with Crippen LogP contribution < -0.4 is 14.8 Å². The number of amides is 1. The van der Waals surface area contributed by atoms with E-state index in [-0.39, 0.29) is 6.61 Å². The van der Waals surface area contributed by atoms with E-state index in [0.29, 0.717) is 28.6 Å². The van der Waals surface area contributed by atoms with Crippen LogP contribution in [-0.2, 0) is 20.9 Å². The van der Waals surface area contributed by atoms with E-state index in [1.165, 1.54) is 19.3 Å². The predicted molar refractivity (Wildman–Crippen MR) is 103 cm³/mol. The van der Waals surface area contributed by atoms with Gasteiger partial charge in [-0.3, -0.25) is 4.79 Å². The maximum atomic E-state index is 11.8. The number of halogens is 1. The molecule has 27 heavy (non-hydrogen) atoms. The molecule has 0 aliphatic rings. The number of methoxy groups -OCH3 is 2. The lowest BCUT2D eigenvalue weighted by Gasteiger charge is -2.07. The number of benzene rings is 2. The molecule has 0 fully saturated rings. The molecule has 6 nitrogen and oxygen atoms in total. The summed E-state index contributed by atoms with van der Waals surface area (Å²) >= 11 is 5.88. The zero-order valence-electron chi connectivity index (χ0n) is 15.0. The number of carbonyl (C=O) groups is 2. The van der Waals surface area contributed by atoms with Crippen molar-refractivity contribution in [2.75, 3.05) is 20.8 Å². The lowest BCUT2D eigenvalue weighted by atomic mass is 10.1. The first-order valence-corrected chi connectivity index (χ1v) is 8.47. The van der Waals surface area contributed by atoms with Crippen molar-refractivity contribution in [2.45, 2.75) is 6.54 Å². The highest BCUT2D eigenvalue weighted by molar-refractivity contribution is 6.30. The number of hydrogen-bond donors (Lipinski definition) is 1. The van der Waals surface area contributed by atoms with Gasteiger partial charge in [-0.15, -0.1) is 0 Å². The molecule has 2 rings (SSSR count). The Balaban J connectivity index is 1.83. The van der Waals surface area contributed by atoms with Crippen LogP contribution in [0.2, 0.25) is 5.02 Å². The Morgan fingerprint density at radius 3 is 2.63 bits per heavy atom. The summed E-state index contributed by atoms with van der Waals surface area (Å²) < 4.78 is 15.3. The van der Waals surface area contributed by atoms with Gasteiger partial charge in [0.1, 0.15) is 11.5 Å². The van der Waals surface area contributed by atoms with Crippen molar-refractivity contribution in [3.05, 3.63) is 64.7 Å². The zero-order valence-corrected chi connectivity index (χ0v) is 15.8. The second kappa shape index (κ2) is 10.2. The highest BCUT2D eigenvalue weighted by Crippen LogP contribution is 2.25. The third-order valence-corrected chi connectivity index (χ3v) is 3.80. The molecule has 0 aliphatic carbocycles. The molecule has 7 heteroatoms. The lowest BCUT2D eigenvalue weighted by Crippen LogP contribution is -2.28. The molecular formula is C20H20ClNO5. The molecule has 0 atom stereocenters. The summed E-state index contributed by atoms with van der Waals surface area (Å²) in [5.74, 6) is 0.164. The molecule has 2 aromatic carbocycles. The van der Waals surface area contributed by atoms with E-state index < -0.39 is 11.9 Å². The summed E-state index contributed by atoms with van der Waals surface area (Å²) in [5.41, 5.74) is 1.51. The Labute approximate surface area is 162 Å². The fourth-order valence-electron chi connectivity index (χ4n) is 2.21. The average molecular weight is 390 g/mol. The molecule has 142 valence electrons. The smallest absolute Gasteiger partial charge is 0.331 e. The molecule has 0 saturated heterocycles. The molecule has 0 aliphatic heterocycles. The van der Waals surface area contributed by atoms with Crippen LogP contribution in [0, 0.1) is 0 Å². The third-order valence-electron chi connectivity index (χ3n) is 3.56. The van der Waals surface area contributed by atoms with Gasteiger partial charge in [0.15, 0.2) is 6.61 Å². The quantitative estimate of drug-likeness (QED) is 0.554. The summed E-state index contributed by atoms with van der Waals surface area (Å²) in [6, 6.07) is 12.3. The molecule has 0 bridgehead atoms. The van der Waals surface area contributed by atoms with Crippen LogP contribution in [0.15, 0.2) is 48.5 Å². The Kier molecular flexibility index (Phi) is 7.70. The maximum Gasteiger partial charge on any atom is 0.331 e. The average Bonchev–Trinajstić information content (AvgIpc) is 2.68. The Morgan fingerprint density at radius 2 is 1.93 bits per heavy atom. The van der Waals surface area contributed by atoms with E-state index in [0.717, 1.165) is 5.56 Å². The summed E-state index contributed by atoms with van der Waals surface area (Å²) in [6.07, 6.45) is 2.76. The monoisotopic (exact) mass is 389 g/mol. The van der Waals surface area contributed by atoms with E-state index in [1.807, 2.05) is 6.07 Å². The number of nitrogens with one attached hydrogen (secondary N) is 1. The molecule has 1 amide bonds. The van der Waals surface area contributed by atoms with Gasteiger partial charge >= 0.3 is 5.97 Å². The minimum atomic E-state index is -0.641. The summed E-state index contributed by atoms with van der Waals surface area (Å²) in [6.45, 7) is -0.0766. The third kappa shape index (κ3) is 6.67. The van der Waals surface area contributed by atoms with E-state index in [2.05, 4.69) is 5.32 Å². The Bertz CT molecular complexity index is 835. The number of rotatable bonds is 8. The van der Waals surface area contributed by atoms with Gasteiger partial charge in [0.05, 0.1) is 14.2 Å². The molecular weight excluding hydrogens is 370 g/mol. The molecule has 1 N–H and O–H groups in total. The van der Waals surface area contributed by atoms with Gasteiger partial charge in [-0.2, -0.15) is 0 Å². The van der Waals surface area contributed by atoms with E-state index in [4.69, 9.17) is 25.8 Å². The topological polar surface area (TPSA) is 73.9 Å². The van der Waals surface area contributed by atoms with Crippen LogP contribution in [0.4, 0.5) is 0 Å². The van der Waals surface area contributed by atoms with Crippen molar-refractivity contribution >= 4 is 29.6 Å². The van der Waals surface area contributed by atoms with Crippen molar-refractivity contribution in [1.29, 1.82) is 0 Å². The Hall–Kier alpha value is -2.99. The largest absolute Gasteiger partial charge is 0.497 e. The van der Waals surface area contributed by atoms with Crippen molar-refractivity contribution in [3.63, 3.8) is 0 Å². The summed E-state index contributed by atoms with van der Waals surface area (Å²) in [5, 5.41) is 3.24. The van der Waals surface area contributed by atoms with Crippen molar-refractivity contribution in [2.24, 2.45) is 0 Å². The number of carbonyl (C=O) groups excluding carboxylic acids is 2. The zero-order chi connectivity index (χ0) is 19.6. The second-order valence-corrected chi connectivity index (χ2v) is 5.89. The van der Waals surface area contributed by atoms with Crippen LogP contribution in [0.3, 0.4) is 0 Å². The van der Waals surface area contributed by atoms with Gasteiger partial charge in [-0.05, 0) is 42.0 Å². The molecule has 0 heterocycles. The highest BCUT2D eigenvalue weighted by atomic mass is 35.5.